The maximum absolute atomic E-state index is 13.3. The van der Waals surface area contributed by atoms with Crippen molar-refractivity contribution in [2.75, 3.05) is 6.54 Å². The SMILES string of the molecule is CC1(C(=O)NCc2ccccc2F)CCCN1. The molecule has 1 atom stereocenters. The van der Waals surface area contributed by atoms with Crippen molar-refractivity contribution in [3.05, 3.63) is 35.6 Å². The van der Waals surface area contributed by atoms with Crippen LogP contribution < -0.4 is 10.6 Å². The van der Waals surface area contributed by atoms with Crippen LogP contribution in [0.2, 0.25) is 0 Å². The molecule has 4 heteroatoms. The van der Waals surface area contributed by atoms with E-state index in [0.717, 1.165) is 19.4 Å². The summed E-state index contributed by atoms with van der Waals surface area (Å²) >= 11 is 0. The molecule has 0 spiro atoms. The van der Waals surface area contributed by atoms with Crippen molar-refractivity contribution in [1.82, 2.24) is 10.6 Å². The lowest BCUT2D eigenvalue weighted by Gasteiger charge is -2.23. The highest BCUT2D eigenvalue weighted by atomic mass is 19.1. The Morgan fingerprint density at radius 1 is 1.53 bits per heavy atom. The average molecular weight is 236 g/mol. The second-order valence-electron chi connectivity index (χ2n) is 4.64. The van der Waals surface area contributed by atoms with Crippen LogP contribution in [0.25, 0.3) is 0 Å². The molecule has 1 aromatic rings. The van der Waals surface area contributed by atoms with E-state index in [1.165, 1.54) is 6.07 Å². The molecule has 1 unspecified atom stereocenters. The summed E-state index contributed by atoms with van der Waals surface area (Å²) in [4.78, 5) is 12.0. The van der Waals surface area contributed by atoms with Gasteiger partial charge in [-0.1, -0.05) is 18.2 Å². The van der Waals surface area contributed by atoms with Gasteiger partial charge in [-0.3, -0.25) is 4.79 Å². The fourth-order valence-corrected chi connectivity index (χ4v) is 2.10. The van der Waals surface area contributed by atoms with Gasteiger partial charge >= 0.3 is 0 Å². The van der Waals surface area contributed by atoms with Gasteiger partial charge in [-0.2, -0.15) is 0 Å². The molecule has 3 nitrogen and oxygen atoms in total. The number of benzene rings is 1. The van der Waals surface area contributed by atoms with Crippen LogP contribution in [-0.4, -0.2) is 18.0 Å². The van der Waals surface area contributed by atoms with Crippen molar-refractivity contribution in [3.63, 3.8) is 0 Å². The predicted octanol–water partition coefficient (Wildman–Crippen LogP) is 1.58. The van der Waals surface area contributed by atoms with Crippen molar-refractivity contribution < 1.29 is 9.18 Å². The molecular formula is C13H17FN2O. The largest absolute Gasteiger partial charge is 0.350 e. The quantitative estimate of drug-likeness (QED) is 0.836. The zero-order chi connectivity index (χ0) is 12.3. The summed E-state index contributed by atoms with van der Waals surface area (Å²) in [6, 6.07) is 6.48. The van der Waals surface area contributed by atoms with E-state index in [9.17, 15) is 9.18 Å². The van der Waals surface area contributed by atoms with E-state index in [0.29, 0.717) is 5.56 Å². The average Bonchev–Trinajstić information content (AvgIpc) is 2.76. The monoisotopic (exact) mass is 236 g/mol. The fraction of sp³-hybridized carbons (Fsp3) is 0.462. The Balaban J connectivity index is 1.94. The molecule has 0 saturated carbocycles. The van der Waals surface area contributed by atoms with Gasteiger partial charge in [0.2, 0.25) is 5.91 Å². The van der Waals surface area contributed by atoms with E-state index >= 15 is 0 Å². The molecule has 2 N–H and O–H groups in total. The number of amides is 1. The highest BCUT2D eigenvalue weighted by molar-refractivity contribution is 5.86. The van der Waals surface area contributed by atoms with Crippen LogP contribution in [-0.2, 0) is 11.3 Å². The first-order valence-corrected chi connectivity index (χ1v) is 5.88. The molecule has 0 bridgehead atoms. The van der Waals surface area contributed by atoms with Crippen molar-refractivity contribution in [1.29, 1.82) is 0 Å². The lowest BCUT2D eigenvalue weighted by atomic mass is 9.99. The Labute approximate surface area is 100 Å². The van der Waals surface area contributed by atoms with E-state index in [-0.39, 0.29) is 18.3 Å². The number of nitrogens with one attached hydrogen (secondary N) is 2. The molecule has 17 heavy (non-hydrogen) atoms. The first-order chi connectivity index (χ1) is 8.12. The van der Waals surface area contributed by atoms with Crippen molar-refractivity contribution >= 4 is 5.91 Å². The van der Waals surface area contributed by atoms with Crippen LogP contribution in [0.3, 0.4) is 0 Å². The Morgan fingerprint density at radius 2 is 2.29 bits per heavy atom. The Kier molecular flexibility index (Phi) is 3.43. The zero-order valence-corrected chi connectivity index (χ0v) is 9.92. The summed E-state index contributed by atoms with van der Waals surface area (Å²) in [5.41, 5.74) is 0.0214. The highest BCUT2D eigenvalue weighted by Gasteiger charge is 2.35. The number of hydrogen-bond donors (Lipinski definition) is 2. The molecule has 1 saturated heterocycles. The van der Waals surface area contributed by atoms with E-state index in [1.807, 2.05) is 6.92 Å². The van der Waals surface area contributed by atoms with E-state index in [2.05, 4.69) is 10.6 Å². The normalized spacial score (nSPS) is 23.6. The number of rotatable bonds is 3. The number of hydrogen-bond acceptors (Lipinski definition) is 2. The molecule has 0 aromatic heterocycles. The van der Waals surface area contributed by atoms with Gasteiger partial charge in [0.05, 0.1) is 5.54 Å². The predicted molar refractivity (Wildman–Crippen MR) is 63.9 cm³/mol. The van der Waals surface area contributed by atoms with Gasteiger partial charge in [0.25, 0.3) is 0 Å². The maximum Gasteiger partial charge on any atom is 0.240 e. The molecule has 92 valence electrons. The Morgan fingerprint density at radius 3 is 2.94 bits per heavy atom. The molecule has 1 aliphatic heterocycles. The molecular weight excluding hydrogens is 219 g/mol. The topological polar surface area (TPSA) is 41.1 Å². The van der Waals surface area contributed by atoms with Crippen LogP contribution in [0.1, 0.15) is 25.3 Å². The van der Waals surface area contributed by atoms with E-state index in [1.54, 1.807) is 18.2 Å². The first kappa shape index (κ1) is 12.0. The van der Waals surface area contributed by atoms with Gasteiger partial charge in [0.1, 0.15) is 5.82 Å². The molecule has 0 radical (unpaired) electrons. The zero-order valence-electron chi connectivity index (χ0n) is 9.92. The fourth-order valence-electron chi connectivity index (χ4n) is 2.10. The minimum atomic E-state index is -0.495. The number of carbonyl (C=O) groups excluding carboxylic acids is 1. The molecule has 1 heterocycles. The highest BCUT2D eigenvalue weighted by Crippen LogP contribution is 2.18. The van der Waals surface area contributed by atoms with Crippen LogP contribution >= 0.6 is 0 Å². The molecule has 1 fully saturated rings. The minimum absolute atomic E-state index is 0.0572. The molecule has 0 aliphatic carbocycles. The standard InChI is InChI=1S/C13H17FN2O/c1-13(7-4-8-16-13)12(17)15-9-10-5-2-3-6-11(10)14/h2-3,5-6,16H,4,7-9H2,1H3,(H,15,17). The van der Waals surface area contributed by atoms with Gasteiger partial charge in [-0.25, -0.2) is 4.39 Å². The van der Waals surface area contributed by atoms with Gasteiger partial charge < -0.3 is 10.6 Å². The molecule has 1 aromatic carbocycles. The van der Waals surface area contributed by atoms with Gasteiger partial charge in [0, 0.05) is 12.1 Å². The summed E-state index contributed by atoms with van der Waals surface area (Å²) < 4.78 is 13.3. The van der Waals surface area contributed by atoms with Crippen LogP contribution in [0.15, 0.2) is 24.3 Å². The van der Waals surface area contributed by atoms with Crippen LogP contribution in [0.5, 0.6) is 0 Å². The van der Waals surface area contributed by atoms with Crippen LogP contribution in [0.4, 0.5) is 4.39 Å². The third kappa shape index (κ3) is 2.64. The third-order valence-electron chi connectivity index (χ3n) is 3.27. The lowest BCUT2D eigenvalue weighted by molar-refractivity contribution is -0.126. The maximum atomic E-state index is 13.3. The van der Waals surface area contributed by atoms with Gasteiger partial charge in [-0.05, 0) is 32.4 Å². The van der Waals surface area contributed by atoms with Crippen molar-refractivity contribution in [3.8, 4) is 0 Å². The van der Waals surface area contributed by atoms with Crippen molar-refractivity contribution in [2.45, 2.75) is 31.8 Å². The second kappa shape index (κ2) is 4.84. The first-order valence-electron chi connectivity index (χ1n) is 5.88. The summed E-state index contributed by atoms with van der Waals surface area (Å²) in [7, 11) is 0. The van der Waals surface area contributed by atoms with E-state index in [4.69, 9.17) is 0 Å². The summed E-state index contributed by atoms with van der Waals surface area (Å²) in [5, 5.41) is 5.96. The number of halogens is 1. The Hall–Kier alpha value is -1.42. The van der Waals surface area contributed by atoms with Crippen LogP contribution in [0, 0.1) is 5.82 Å². The smallest absolute Gasteiger partial charge is 0.240 e. The summed E-state index contributed by atoms with van der Waals surface area (Å²) in [6.07, 6.45) is 1.83. The van der Waals surface area contributed by atoms with E-state index < -0.39 is 5.54 Å². The summed E-state index contributed by atoms with van der Waals surface area (Å²) in [5.74, 6) is -0.337. The number of carbonyl (C=O) groups is 1. The second-order valence-corrected chi connectivity index (χ2v) is 4.64. The summed E-state index contributed by atoms with van der Waals surface area (Å²) in [6.45, 7) is 2.99. The lowest BCUT2D eigenvalue weighted by Crippen LogP contribution is -2.50. The van der Waals surface area contributed by atoms with Gasteiger partial charge in [0.15, 0.2) is 0 Å². The Bertz CT molecular complexity index is 414. The van der Waals surface area contributed by atoms with Crippen molar-refractivity contribution in [2.24, 2.45) is 0 Å². The molecule has 1 aliphatic rings. The third-order valence-corrected chi connectivity index (χ3v) is 3.27. The minimum Gasteiger partial charge on any atom is -0.350 e. The molecule has 2 rings (SSSR count). The molecule has 1 amide bonds. The van der Waals surface area contributed by atoms with Gasteiger partial charge in [-0.15, -0.1) is 0 Å².